The van der Waals surface area contributed by atoms with E-state index in [-0.39, 0.29) is 16.8 Å². The van der Waals surface area contributed by atoms with E-state index in [9.17, 15) is 9.59 Å². The maximum atomic E-state index is 11.9. The van der Waals surface area contributed by atoms with Crippen LogP contribution in [0.3, 0.4) is 0 Å². The van der Waals surface area contributed by atoms with Crippen molar-refractivity contribution in [3.05, 3.63) is 26.3 Å². The van der Waals surface area contributed by atoms with Crippen LogP contribution in [0, 0.1) is 0 Å². The van der Waals surface area contributed by atoms with Crippen LogP contribution in [0.25, 0.3) is 0 Å². The smallest absolute Gasteiger partial charge is 0.267 e. The fourth-order valence-electron chi connectivity index (χ4n) is 1.66. The summed E-state index contributed by atoms with van der Waals surface area (Å²) < 4.78 is 2.51. The Balaban J connectivity index is 3.00. The van der Waals surface area contributed by atoms with Crippen molar-refractivity contribution >= 4 is 5.69 Å². The van der Waals surface area contributed by atoms with Crippen molar-refractivity contribution in [3.63, 3.8) is 0 Å². The van der Waals surface area contributed by atoms with Crippen LogP contribution in [-0.2, 0) is 19.6 Å². The van der Waals surface area contributed by atoms with Gasteiger partial charge in [-0.25, -0.2) is 4.68 Å². The van der Waals surface area contributed by atoms with Gasteiger partial charge >= 0.3 is 0 Å². The van der Waals surface area contributed by atoms with E-state index in [1.165, 1.54) is 16.4 Å². The standard InChI is InChI=1S/C9H12N4O2/c1-9(2)5-6(10-11-9)8(15)13(4)12(3)7(5)14/h1-4H3. The van der Waals surface area contributed by atoms with E-state index in [1.54, 1.807) is 20.9 Å². The molecule has 0 aliphatic carbocycles. The molecule has 1 aromatic heterocycles. The first kappa shape index (κ1) is 9.82. The van der Waals surface area contributed by atoms with Gasteiger partial charge in [0.1, 0.15) is 5.54 Å². The van der Waals surface area contributed by atoms with Gasteiger partial charge in [0, 0.05) is 14.1 Å². The molecule has 0 fully saturated rings. The summed E-state index contributed by atoms with van der Waals surface area (Å²) in [5.74, 6) is 0. The maximum Gasteiger partial charge on any atom is 0.293 e. The van der Waals surface area contributed by atoms with Gasteiger partial charge in [-0.15, -0.1) is 5.11 Å². The number of nitrogens with zero attached hydrogens (tertiary/aromatic N) is 4. The minimum Gasteiger partial charge on any atom is -0.267 e. The lowest BCUT2D eigenvalue weighted by molar-refractivity contribution is 0.499. The van der Waals surface area contributed by atoms with E-state index < -0.39 is 5.54 Å². The molecule has 0 saturated carbocycles. The van der Waals surface area contributed by atoms with E-state index >= 15 is 0 Å². The van der Waals surface area contributed by atoms with Crippen LogP contribution in [0.1, 0.15) is 19.4 Å². The highest BCUT2D eigenvalue weighted by atomic mass is 16.2. The van der Waals surface area contributed by atoms with Crippen LogP contribution in [0.15, 0.2) is 19.8 Å². The van der Waals surface area contributed by atoms with Crippen molar-refractivity contribution in [1.82, 2.24) is 9.36 Å². The van der Waals surface area contributed by atoms with Crippen LogP contribution >= 0.6 is 0 Å². The van der Waals surface area contributed by atoms with Crippen molar-refractivity contribution in [2.75, 3.05) is 0 Å². The molecule has 0 aromatic carbocycles. The highest BCUT2D eigenvalue weighted by Gasteiger charge is 2.35. The molecular formula is C9H12N4O2. The Kier molecular flexibility index (Phi) is 1.74. The molecule has 6 nitrogen and oxygen atoms in total. The van der Waals surface area contributed by atoms with Crippen LogP contribution in [0.5, 0.6) is 0 Å². The molecule has 0 N–H and O–H groups in total. The van der Waals surface area contributed by atoms with E-state index in [0.29, 0.717) is 5.56 Å². The second-order valence-electron chi connectivity index (χ2n) is 4.14. The summed E-state index contributed by atoms with van der Waals surface area (Å²) in [7, 11) is 3.09. The molecule has 6 heteroatoms. The van der Waals surface area contributed by atoms with Crippen molar-refractivity contribution in [2.24, 2.45) is 24.3 Å². The molecule has 0 unspecified atom stereocenters. The second kappa shape index (κ2) is 2.65. The lowest BCUT2D eigenvalue weighted by Gasteiger charge is -2.15. The molecule has 0 radical (unpaired) electrons. The lowest BCUT2D eigenvalue weighted by atomic mass is 9.97. The number of aromatic nitrogens is 2. The summed E-state index contributed by atoms with van der Waals surface area (Å²) in [6.45, 7) is 3.53. The summed E-state index contributed by atoms with van der Waals surface area (Å²) in [6, 6.07) is 0. The van der Waals surface area contributed by atoms with Crippen LogP contribution in [0.2, 0.25) is 0 Å². The molecule has 0 bridgehead atoms. The van der Waals surface area contributed by atoms with Gasteiger partial charge in [-0.1, -0.05) is 0 Å². The zero-order chi connectivity index (χ0) is 11.4. The summed E-state index contributed by atoms with van der Waals surface area (Å²) in [5, 5.41) is 7.73. The average molecular weight is 208 g/mol. The van der Waals surface area contributed by atoms with Crippen molar-refractivity contribution < 1.29 is 0 Å². The zero-order valence-corrected chi connectivity index (χ0v) is 9.11. The molecule has 0 amide bonds. The first-order valence-electron chi connectivity index (χ1n) is 4.60. The summed E-state index contributed by atoms with van der Waals surface area (Å²) >= 11 is 0. The highest BCUT2D eigenvalue weighted by molar-refractivity contribution is 5.48. The lowest BCUT2D eigenvalue weighted by Crippen LogP contribution is -2.39. The molecule has 80 valence electrons. The molecule has 0 saturated heterocycles. The van der Waals surface area contributed by atoms with E-state index in [1.807, 2.05) is 0 Å². The van der Waals surface area contributed by atoms with Crippen molar-refractivity contribution in [2.45, 2.75) is 19.4 Å². The zero-order valence-electron chi connectivity index (χ0n) is 9.11. The Labute approximate surface area is 85.8 Å². The molecule has 0 atom stereocenters. The molecule has 2 heterocycles. The first-order chi connectivity index (χ1) is 6.86. The molecule has 15 heavy (non-hydrogen) atoms. The molecule has 1 aliphatic rings. The van der Waals surface area contributed by atoms with Gasteiger partial charge in [0.05, 0.1) is 5.56 Å². The molecular weight excluding hydrogens is 196 g/mol. The first-order valence-corrected chi connectivity index (χ1v) is 4.60. The largest absolute Gasteiger partial charge is 0.293 e. The molecule has 2 rings (SSSR count). The fourth-order valence-corrected chi connectivity index (χ4v) is 1.66. The summed E-state index contributed by atoms with van der Waals surface area (Å²) in [4.78, 5) is 23.7. The number of fused-ring (bicyclic) bond motifs is 1. The van der Waals surface area contributed by atoms with Gasteiger partial charge in [-0.05, 0) is 13.8 Å². The highest BCUT2D eigenvalue weighted by Crippen LogP contribution is 2.34. The van der Waals surface area contributed by atoms with Gasteiger partial charge in [-0.3, -0.25) is 14.3 Å². The molecule has 1 aliphatic heterocycles. The number of rotatable bonds is 0. The predicted molar refractivity (Wildman–Crippen MR) is 54.5 cm³/mol. The Hall–Kier alpha value is -1.72. The Morgan fingerprint density at radius 3 is 2.20 bits per heavy atom. The van der Waals surface area contributed by atoms with Crippen molar-refractivity contribution in [3.8, 4) is 0 Å². The number of hydrogen-bond acceptors (Lipinski definition) is 4. The van der Waals surface area contributed by atoms with Crippen LogP contribution in [0.4, 0.5) is 5.69 Å². The third-order valence-electron chi connectivity index (χ3n) is 2.70. The maximum absolute atomic E-state index is 11.9. The van der Waals surface area contributed by atoms with Crippen LogP contribution in [-0.4, -0.2) is 9.36 Å². The Bertz CT molecular complexity index is 577. The minimum atomic E-state index is -0.697. The minimum absolute atomic E-state index is 0.172. The third-order valence-corrected chi connectivity index (χ3v) is 2.70. The normalized spacial score (nSPS) is 16.8. The number of hydrogen-bond donors (Lipinski definition) is 0. The van der Waals surface area contributed by atoms with E-state index in [2.05, 4.69) is 10.2 Å². The van der Waals surface area contributed by atoms with Gasteiger partial charge in [-0.2, -0.15) is 5.11 Å². The second-order valence-corrected chi connectivity index (χ2v) is 4.14. The topological polar surface area (TPSA) is 68.7 Å². The average Bonchev–Trinajstić information content (AvgIpc) is 2.48. The van der Waals surface area contributed by atoms with E-state index in [0.717, 1.165) is 0 Å². The number of azo groups is 1. The molecule has 1 aromatic rings. The van der Waals surface area contributed by atoms with E-state index in [4.69, 9.17) is 0 Å². The fraction of sp³-hybridized carbons (Fsp3) is 0.556. The van der Waals surface area contributed by atoms with Gasteiger partial charge in [0.2, 0.25) is 0 Å². The van der Waals surface area contributed by atoms with Gasteiger partial charge in [0.25, 0.3) is 11.1 Å². The summed E-state index contributed by atoms with van der Waals surface area (Å²) in [5.41, 5.74) is -0.653. The monoisotopic (exact) mass is 208 g/mol. The Morgan fingerprint density at radius 2 is 1.60 bits per heavy atom. The quantitative estimate of drug-likeness (QED) is 0.619. The SMILES string of the molecule is Cn1c(=O)c2c(c(=O)n1C)C(C)(C)N=N2. The van der Waals surface area contributed by atoms with Gasteiger partial charge in [0.15, 0.2) is 5.69 Å². The van der Waals surface area contributed by atoms with Crippen LogP contribution < -0.4 is 11.1 Å². The van der Waals surface area contributed by atoms with Gasteiger partial charge < -0.3 is 0 Å². The predicted octanol–water partition coefficient (Wildman–Crippen LogP) is 0.416. The summed E-state index contributed by atoms with van der Waals surface area (Å²) in [6.07, 6.45) is 0. The Morgan fingerprint density at radius 1 is 1.07 bits per heavy atom. The van der Waals surface area contributed by atoms with Crippen molar-refractivity contribution in [1.29, 1.82) is 0 Å². The third kappa shape index (κ3) is 1.10. The molecule has 0 spiro atoms.